The smallest absolute Gasteiger partial charge is 0.286 e. The number of hydrogen-bond donors (Lipinski definition) is 2. The van der Waals surface area contributed by atoms with Crippen LogP contribution in [0.3, 0.4) is 0 Å². The summed E-state index contributed by atoms with van der Waals surface area (Å²) >= 11 is 1.16. The Bertz CT molecular complexity index is 1260. The highest BCUT2D eigenvalue weighted by Crippen LogP contribution is 2.17. The zero-order valence-corrected chi connectivity index (χ0v) is 19.9. The first-order valence-corrected chi connectivity index (χ1v) is 11.8. The monoisotopic (exact) mass is 488 g/mol. The second kappa shape index (κ2) is 11.8. The molecule has 4 aromatic rings. The highest BCUT2D eigenvalue weighted by molar-refractivity contribution is 7.13. The summed E-state index contributed by atoms with van der Waals surface area (Å²) in [5, 5.41) is 14.4. The Hall–Kier alpha value is -4.24. The number of para-hydroxylation sites is 1. The van der Waals surface area contributed by atoms with E-state index in [1.165, 1.54) is 0 Å². The van der Waals surface area contributed by atoms with Gasteiger partial charge in [-0.15, -0.1) is 10.2 Å². The number of ether oxygens (including phenoxy) is 2. The molecule has 35 heavy (non-hydrogen) atoms. The molecule has 0 radical (unpaired) electrons. The van der Waals surface area contributed by atoms with Gasteiger partial charge in [0.15, 0.2) is 5.01 Å². The second-order valence-electron chi connectivity index (χ2n) is 7.39. The van der Waals surface area contributed by atoms with Crippen molar-refractivity contribution in [2.75, 3.05) is 11.9 Å². The molecule has 0 saturated heterocycles. The highest BCUT2D eigenvalue weighted by atomic mass is 32.1. The van der Waals surface area contributed by atoms with Gasteiger partial charge in [-0.25, -0.2) is 0 Å². The minimum Gasteiger partial charge on any atom is -0.494 e. The third-order valence-corrected chi connectivity index (χ3v) is 5.75. The fraction of sp³-hybridized carbons (Fsp3) is 0.154. The Labute approximate surface area is 206 Å². The summed E-state index contributed by atoms with van der Waals surface area (Å²) in [5.41, 5.74) is 2.01. The Morgan fingerprint density at radius 2 is 1.54 bits per heavy atom. The van der Waals surface area contributed by atoms with Gasteiger partial charge in [-0.3, -0.25) is 9.59 Å². The Kier molecular flexibility index (Phi) is 8.03. The predicted molar refractivity (Wildman–Crippen MR) is 134 cm³/mol. The van der Waals surface area contributed by atoms with Crippen LogP contribution >= 0.6 is 11.3 Å². The van der Waals surface area contributed by atoms with Crippen LogP contribution in [0.4, 0.5) is 5.69 Å². The van der Waals surface area contributed by atoms with Gasteiger partial charge in [-0.1, -0.05) is 41.7 Å². The standard InChI is InChI=1S/C26H24N4O4S/c1-2-33-22-14-8-18(9-15-22)16-27-24(31)19-10-12-20(13-11-19)28-25(32)26-30-29-23(35-26)17-34-21-6-4-3-5-7-21/h3-15H,2,16-17H2,1H3,(H,27,31)(H,28,32). The highest BCUT2D eigenvalue weighted by Gasteiger charge is 2.14. The maximum Gasteiger partial charge on any atom is 0.286 e. The fourth-order valence-electron chi connectivity index (χ4n) is 3.11. The van der Waals surface area contributed by atoms with Crippen LogP contribution < -0.4 is 20.1 Å². The Morgan fingerprint density at radius 3 is 2.26 bits per heavy atom. The zero-order chi connectivity index (χ0) is 24.5. The molecule has 178 valence electrons. The van der Waals surface area contributed by atoms with Crippen LogP contribution in [0.25, 0.3) is 0 Å². The van der Waals surface area contributed by atoms with Crippen LogP contribution in [-0.4, -0.2) is 28.6 Å². The molecule has 0 aliphatic carbocycles. The SMILES string of the molecule is CCOc1ccc(CNC(=O)c2ccc(NC(=O)c3nnc(COc4ccccc4)s3)cc2)cc1. The van der Waals surface area contributed by atoms with E-state index in [1.807, 2.05) is 61.5 Å². The molecule has 4 rings (SSSR count). The number of anilines is 1. The van der Waals surface area contributed by atoms with Crippen LogP contribution in [0.1, 0.15) is 37.7 Å². The molecule has 0 aliphatic rings. The van der Waals surface area contributed by atoms with Crippen LogP contribution in [0.5, 0.6) is 11.5 Å². The summed E-state index contributed by atoms with van der Waals surface area (Å²) in [7, 11) is 0. The van der Waals surface area contributed by atoms with Gasteiger partial charge in [0.05, 0.1) is 6.61 Å². The number of nitrogens with one attached hydrogen (secondary N) is 2. The lowest BCUT2D eigenvalue weighted by Gasteiger charge is -2.08. The molecule has 8 nitrogen and oxygen atoms in total. The molecular formula is C26H24N4O4S. The first-order valence-electron chi connectivity index (χ1n) is 11.0. The second-order valence-corrected chi connectivity index (χ2v) is 8.46. The fourth-order valence-corrected chi connectivity index (χ4v) is 3.76. The Morgan fingerprint density at radius 1 is 0.829 bits per heavy atom. The molecule has 1 aromatic heterocycles. The van der Waals surface area contributed by atoms with Gasteiger partial charge in [0.25, 0.3) is 11.8 Å². The minimum atomic E-state index is -0.374. The summed E-state index contributed by atoms with van der Waals surface area (Å²) in [6, 6.07) is 23.6. The number of rotatable bonds is 10. The predicted octanol–water partition coefficient (Wildman–Crippen LogP) is 4.70. The van der Waals surface area contributed by atoms with Gasteiger partial charge < -0.3 is 20.1 Å². The molecular weight excluding hydrogens is 464 g/mol. The van der Waals surface area contributed by atoms with Crippen molar-refractivity contribution in [3.8, 4) is 11.5 Å². The van der Waals surface area contributed by atoms with Crippen molar-refractivity contribution in [1.82, 2.24) is 15.5 Å². The van der Waals surface area contributed by atoms with E-state index in [1.54, 1.807) is 24.3 Å². The quantitative estimate of drug-likeness (QED) is 0.336. The van der Waals surface area contributed by atoms with Crippen molar-refractivity contribution in [3.05, 3.63) is 100 Å². The number of nitrogens with zero attached hydrogens (tertiary/aromatic N) is 2. The molecule has 0 fully saturated rings. The lowest BCUT2D eigenvalue weighted by Crippen LogP contribution is -2.22. The number of benzene rings is 3. The number of amides is 2. The summed E-state index contributed by atoms with van der Waals surface area (Å²) < 4.78 is 11.1. The van der Waals surface area contributed by atoms with Crippen molar-refractivity contribution in [2.24, 2.45) is 0 Å². The summed E-state index contributed by atoms with van der Waals surface area (Å²) in [4.78, 5) is 25.0. The van der Waals surface area contributed by atoms with Crippen molar-refractivity contribution in [3.63, 3.8) is 0 Å². The van der Waals surface area contributed by atoms with Gasteiger partial charge >= 0.3 is 0 Å². The average molecular weight is 489 g/mol. The van der Waals surface area contributed by atoms with Gasteiger partial charge in [0, 0.05) is 17.8 Å². The van der Waals surface area contributed by atoms with Crippen LogP contribution in [0.2, 0.25) is 0 Å². The summed E-state index contributed by atoms with van der Waals surface area (Å²) in [6.45, 7) is 3.17. The third-order valence-electron chi connectivity index (χ3n) is 4.86. The molecule has 0 unspecified atom stereocenters. The zero-order valence-electron chi connectivity index (χ0n) is 19.1. The van der Waals surface area contributed by atoms with Crippen molar-refractivity contribution < 1.29 is 19.1 Å². The van der Waals surface area contributed by atoms with Gasteiger partial charge in [0.1, 0.15) is 18.1 Å². The van der Waals surface area contributed by atoms with Crippen LogP contribution in [-0.2, 0) is 13.2 Å². The summed E-state index contributed by atoms with van der Waals surface area (Å²) in [5.74, 6) is 0.938. The first kappa shape index (κ1) is 23.9. The van der Waals surface area contributed by atoms with Crippen molar-refractivity contribution in [2.45, 2.75) is 20.1 Å². The molecule has 0 bridgehead atoms. The molecule has 3 aromatic carbocycles. The van der Waals surface area contributed by atoms with E-state index in [0.29, 0.717) is 29.4 Å². The van der Waals surface area contributed by atoms with E-state index in [-0.39, 0.29) is 23.4 Å². The van der Waals surface area contributed by atoms with Crippen LogP contribution in [0, 0.1) is 0 Å². The molecule has 0 spiro atoms. The topological polar surface area (TPSA) is 102 Å². The molecule has 0 aliphatic heterocycles. The molecule has 2 N–H and O–H groups in total. The van der Waals surface area contributed by atoms with E-state index < -0.39 is 0 Å². The lowest BCUT2D eigenvalue weighted by molar-refractivity contribution is 0.0950. The maximum atomic E-state index is 12.5. The first-order chi connectivity index (χ1) is 17.1. The van der Waals surface area contributed by atoms with E-state index in [0.717, 1.165) is 28.4 Å². The molecule has 1 heterocycles. The van der Waals surface area contributed by atoms with Gasteiger partial charge in [-0.2, -0.15) is 0 Å². The van der Waals surface area contributed by atoms with Gasteiger partial charge in [0.2, 0.25) is 5.01 Å². The minimum absolute atomic E-state index is 0.205. The Balaban J connectivity index is 1.26. The van der Waals surface area contributed by atoms with E-state index in [4.69, 9.17) is 9.47 Å². The number of hydrogen-bond acceptors (Lipinski definition) is 7. The molecule has 0 saturated carbocycles. The average Bonchev–Trinajstić information content (AvgIpc) is 3.37. The number of carbonyl (C=O) groups excluding carboxylic acids is 2. The molecule has 9 heteroatoms. The van der Waals surface area contributed by atoms with Crippen molar-refractivity contribution >= 4 is 28.8 Å². The summed E-state index contributed by atoms with van der Waals surface area (Å²) in [6.07, 6.45) is 0. The van der Waals surface area contributed by atoms with E-state index in [2.05, 4.69) is 20.8 Å². The molecule has 2 amide bonds. The largest absolute Gasteiger partial charge is 0.494 e. The normalized spacial score (nSPS) is 10.4. The number of aromatic nitrogens is 2. The third kappa shape index (κ3) is 6.87. The van der Waals surface area contributed by atoms with Gasteiger partial charge in [-0.05, 0) is 61.0 Å². The molecule has 0 atom stereocenters. The lowest BCUT2D eigenvalue weighted by atomic mass is 10.1. The number of carbonyl (C=O) groups is 2. The van der Waals surface area contributed by atoms with E-state index >= 15 is 0 Å². The maximum absolute atomic E-state index is 12.5. The van der Waals surface area contributed by atoms with Crippen molar-refractivity contribution in [1.29, 1.82) is 0 Å². The van der Waals surface area contributed by atoms with Crippen LogP contribution in [0.15, 0.2) is 78.9 Å². The van der Waals surface area contributed by atoms with E-state index in [9.17, 15) is 9.59 Å².